The topological polar surface area (TPSA) is 262 Å². The molecule has 3 aliphatic heterocycles. The van der Waals surface area contributed by atoms with Crippen molar-refractivity contribution in [1.29, 1.82) is 0 Å². The SMILES string of the molecule is Cn1cnc2c(C(=O)O)cc(-c3ccc(-c4cccc(CN5CCOCC5)c4)cc3)cc21.Cn1cnc2cc(-c3c(F)c(F)c(-c4ccccc4)c(F)c3F)cc(C(=O)O)c21.Cn1cnc2cc(-c3ccc(-c4cccc(CN5CCCC5)c4)cc3)cc(C(=O)O)c21.Cn1nc2cc(-c3ccc(-c4cccc(CN5CCOCC5)c4)cc3)cc(C(=O)O)c2n1. The maximum Gasteiger partial charge on any atom is 0.338 e. The van der Waals surface area contributed by atoms with Crippen molar-refractivity contribution in [2.75, 3.05) is 65.7 Å². The van der Waals surface area contributed by atoms with Gasteiger partial charge in [0.15, 0.2) is 23.3 Å². The van der Waals surface area contributed by atoms with Crippen LogP contribution in [0.4, 0.5) is 17.6 Å². The van der Waals surface area contributed by atoms with Gasteiger partial charge in [-0.3, -0.25) is 14.7 Å². The molecule has 3 saturated heterocycles. The zero-order chi connectivity index (χ0) is 86.4. The maximum absolute atomic E-state index is 14.9. The van der Waals surface area contributed by atoms with E-state index in [-0.39, 0.29) is 44.4 Å². The fourth-order valence-corrected chi connectivity index (χ4v) is 16.3. The number of carboxylic acid groups (broad SMARTS) is 4. The third-order valence-electron chi connectivity index (χ3n) is 22.6. The molecule has 19 rings (SSSR count). The number of aryl methyl sites for hydroxylation is 4. The number of fused-ring (bicyclic) bond motifs is 4. The molecule has 0 radical (unpaired) electrons. The maximum atomic E-state index is 14.9. The number of hydrogen-bond donors (Lipinski definition) is 4. The normalized spacial score (nSPS) is 13.8. The van der Waals surface area contributed by atoms with Gasteiger partial charge in [-0.25, -0.2) is 51.7 Å². The smallest absolute Gasteiger partial charge is 0.338 e. The molecule has 0 amide bonds. The van der Waals surface area contributed by atoms with E-state index in [9.17, 15) is 57.2 Å². The Balaban J connectivity index is 0.000000122. The number of carboxylic acids is 4. The highest BCUT2D eigenvalue weighted by molar-refractivity contribution is 6.06. The second-order valence-electron chi connectivity index (χ2n) is 31.0. The van der Waals surface area contributed by atoms with E-state index in [0.717, 1.165) is 139 Å². The molecule has 22 nitrogen and oxygen atoms in total. The lowest BCUT2D eigenvalue weighted by Gasteiger charge is -2.26. The molecule has 626 valence electrons. The molecule has 4 aromatic heterocycles. The van der Waals surface area contributed by atoms with Crippen LogP contribution < -0.4 is 0 Å². The van der Waals surface area contributed by atoms with Gasteiger partial charge in [-0.1, -0.05) is 158 Å². The molecule has 0 aliphatic carbocycles. The van der Waals surface area contributed by atoms with Crippen molar-refractivity contribution in [3.8, 4) is 89.0 Å². The van der Waals surface area contributed by atoms with Crippen LogP contribution in [-0.4, -0.2) is 168 Å². The summed E-state index contributed by atoms with van der Waals surface area (Å²) in [5.74, 6) is -10.7. The van der Waals surface area contributed by atoms with Crippen molar-refractivity contribution in [2.24, 2.45) is 28.2 Å². The second kappa shape index (κ2) is 36.7. The minimum absolute atomic E-state index is 0.0294. The number of aromatic nitrogens is 9. The van der Waals surface area contributed by atoms with E-state index >= 15 is 0 Å². The Hall–Kier alpha value is -14.2. The molecule has 124 heavy (non-hydrogen) atoms. The van der Waals surface area contributed by atoms with Crippen LogP contribution in [0.15, 0.2) is 243 Å². The predicted octanol–water partition coefficient (Wildman–Crippen LogP) is 18.6. The first-order valence-electron chi connectivity index (χ1n) is 40.5. The molecule has 0 unspecified atom stereocenters. The highest BCUT2D eigenvalue weighted by Gasteiger charge is 2.30. The van der Waals surface area contributed by atoms with Crippen molar-refractivity contribution < 1.29 is 66.6 Å². The summed E-state index contributed by atoms with van der Waals surface area (Å²) in [5.41, 5.74) is 18.4. The third kappa shape index (κ3) is 18.2. The molecule has 26 heteroatoms. The summed E-state index contributed by atoms with van der Waals surface area (Å²) >= 11 is 0. The lowest BCUT2D eigenvalue weighted by Crippen LogP contribution is -2.35. The number of nitrogens with zero attached hydrogens (tertiary/aromatic N) is 12. The van der Waals surface area contributed by atoms with E-state index in [1.54, 1.807) is 55.6 Å². The number of halogens is 4. The average Bonchev–Trinajstić information content (AvgIpc) is 1.06. The first-order chi connectivity index (χ1) is 60.0. The molecule has 0 spiro atoms. The van der Waals surface area contributed by atoms with Gasteiger partial charge < -0.3 is 43.6 Å². The second-order valence-corrected chi connectivity index (χ2v) is 31.0. The van der Waals surface area contributed by atoms with Gasteiger partial charge >= 0.3 is 23.9 Å². The van der Waals surface area contributed by atoms with Crippen LogP contribution in [0.1, 0.15) is 71.0 Å². The summed E-state index contributed by atoms with van der Waals surface area (Å²) in [4.78, 5) is 68.2. The van der Waals surface area contributed by atoms with Crippen molar-refractivity contribution in [3.63, 3.8) is 0 Å². The van der Waals surface area contributed by atoms with E-state index in [2.05, 4.69) is 161 Å². The number of hydrogen-bond acceptors (Lipinski definition) is 14. The highest BCUT2D eigenvalue weighted by atomic mass is 19.2. The van der Waals surface area contributed by atoms with Crippen LogP contribution in [-0.2, 0) is 57.3 Å². The summed E-state index contributed by atoms with van der Waals surface area (Å²) in [6, 6.07) is 71.1. The number of carbonyl (C=O) groups is 4. The fraction of sp³-hybridized carbons (Fsp3) is 0.194. The number of likely N-dealkylation sites (tertiary alicyclic amines) is 1. The fourth-order valence-electron chi connectivity index (χ4n) is 16.3. The lowest BCUT2D eigenvalue weighted by molar-refractivity contribution is 0.0341. The van der Waals surface area contributed by atoms with Crippen LogP contribution in [0.3, 0.4) is 0 Å². The van der Waals surface area contributed by atoms with Crippen LogP contribution in [0.2, 0.25) is 0 Å². The van der Waals surface area contributed by atoms with Gasteiger partial charge in [-0.2, -0.15) is 15.0 Å². The Morgan fingerprint density at radius 2 is 0.661 bits per heavy atom. The van der Waals surface area contributed by atoms with E-state index < -0.39 is 58.3 Å². The van der Waals surface area contributed by atoms with Crippen LogP contribution >= 0.6 is 0 Å². The van der Waals surface area contributed by atoms with E-state index in [0.29, 0.717) is 27.6 Å². The molecule has 4 N–H and O–H groups in total. The Bertz CT molecular complexity index is 6640. The highest BCUT2D eigenvalue weighted by Crippen LogP contribution is 2.40. The molecule has 0 atom stereocenters. The molecule has 3 aliphatic rings. The summed E-state index contributed by atoms with van der Waals surface area (Å²) in [5, 5.41) is 46.9. The standard InChI is InChI=1S/C26H25N3O3.C26H25N3O2.C25H24N4O3.C21H12F4N2O2/c1-28-17-27-25-23(26(30)31)14-22(15-24(25)28)20-7-5-19(6-8-20)21-4-2-3-18(13-21)16-29-9-11-32-12-10-29;1-28-17-27-24-15-22(14-23(25(24)28)26(30)31)20-9-7-19(8-10-20)21-6-4-5-18(13-21)16-29-11-2-3-12-29;1-28-26-23-15-21(14-22(25(30)31)24(23)27-28)19-7-5-18(6-8-19)20-4-2-3-17(13-20)16-29-9-11-32-12-10-29;1-27-9-26-13-8-11(7-12(20(13)27)21(28)29)15-18(24)16(22)14(17(23)19(15)25)10-5-3-2-4-6-10/h2-8,13-15,17H,9-12,16H2,1H3,(H,30,31);4-10,13-15,17H,2-3,11-12,16H2,1H3,(H,30,31);2-8,13-15H,9-12,16H2,1H3,(H,30,31);2-9H,1H3,(H,28,29). The number of imidazole rings is 3. The van der Waals surface area contributed by atoms with Gasteiger partial charge in [0.25, 0.3) is 0 Å². The van der Waals surface area contributed by atoms with Gasteiger partial charge in [0.05, 0.1) is 106 Å². The summed E-state index contributed by atoms with van der Waals surface area (Å²) in [6.45, 7) is 12.3. The van der Waals surface area contributed by atoms with Gasteiger partial charge in [0, 0.05) is 74.0 Å². The molecule has 0 bridgehead atoms. The first kappa shape index (κ1) is 83.5. The average molecular weight is 1670 g/mol. The molecular formula is C98H86F4N12O10. The van der Waals surface area contributed by atoms with Gasteiger partial charge in [0.1, 0.15) is 16.6 Å². The number of aromatic carboxylic acids is 4. The Morgan fingerprint density at radius 1 is 0.323 bits per heavy atom. The minimum atomic E-state index is -1.62. The van der Waals surface area contributed by atoms with Gasteiger partial charge in [-0.05, 0) is 187 Å². The monoisotopic (exact) mass is 1670 g/mol. The van der Waals surface area contributed by atoms with E-state index in [1.165, 1.54) is 99.8 Å². The lowest BCUT2D eigenvalue weighted by atomic mass is 9.95. The Morgan fingerprint density at radius 3 is 1.08 bits per heavy atom. The Kier molecular flexibility index (Phi) is 24.7. The number of ether oxygens (including phenoxy) is 2. The molecule has 16 aromatic rings. The van der Waals surface area contributed by atoms with Gasteiger partial charge in [-0.15, -0.1) is 0 Å². The largest absolute Gasteiger partial charge is 0.478 e. The Labute approximate surface area is 710 Å². The first-order valence-corrected chi connectivity index (χ1v) is 40.5. The molecule has 7 heterocycles. The molecule has 0 saturated carbocycles. The van der Waals surface area contributed by atoms with Crippen LogP contribution in [0, 0.1) is 23.3 Å². The molecular weight excluding hydrogens is 1580 g/mol. The van der Waals surface area contributed by atoms with Crippen molar-refractivity contribution in [3.05, 3.63) is 306 Å². The predicted molar refractivity (Wildman–Crippen MR) is 469 cm³/mol. The summed E-state index contributed by atoms with van der Waals surface area (Å²) < 4.78 is 75.1. The van der Waals surface area contributed by atoms with Crippen molar-refractivity contribution in [1.82, 2.24) is 58.3 Å². The molecule has 12 aromatic carbocycles. The minimum Gasteiger partial charge on any atom is -0.478 e. The quantitative estimate of drug-likeness (QED) is 0.0459. The van der Waals surface area contributed by atoms with E-state index in [4.69, 9.17) is 9.47 Å². The van der Waals surface area contributed by atoms with Crippen molar-refractivity contribution >= 4 is 68.0 Å². The summed E-state index contributed by atoms with van der Waals surface area (Å²) in [7, 11) is 6.93. The zero-order valence-electron chi connectivity index (χ0n) is 68.3. The molecule has 3 fully saturated rings. The third-order valence-corrected chi connectivity index (χ3v) is 22.6. The zero-order valence-corrected chi connectivity index (χ0v) is 68.3. The van der Waals surface area contributed by atoms with E-state index in [1.807, 2.05) is 61.1 Å². The van der Waals surface area contributed by atoms with Crippen molar-refractivity contribution in [2.45, 2.75) is 32.5 Å². The van der Waals surface area contributed by atoms with Crippen LogP contribution in [0.5, 0.6) is 0 Å². The van der Waals surface area contributed by atoms with Crippen LogP contribution in [0.25, 0.3) is 133 Å². The summed E-state index contributed by atoms with van der Waals surface area (Å²) in [6.07, 6.45) is 7.23. The number of morpholine rings is 2. The number of benzene rings is 12. The number of rotatable bonds is 18. The van der Waals surface area contributed by atoms with Gasteiger partial charge in [0.2, 0.25) is 0 Å².